The first kappa shape index (κ1) is 13.1. The van der Waals surface area contributed by atoms with Gasteiger partial charge in [-0.3, -0.25) is 4.90 Å². The third-order valence-electron chi connectivity index (χ3n) is 4.20. The van der Waals surface area contributed by atoms with E-state index in [1.165, 1.54) is 42.3 Å². The molecule has 1 fully saturated rings. The highest BCUT2D eigenvalue weighted by Gasteiger charge is 2.18. The molecule has 1 saturated heterocycles. The maximum atomic E-state index is 3.61. The minimum Gasteiger partial charge on any atom is -0.299 e. The highest BCUT2D eigenvalue weighted by molar-refractivity contribution is 9.09. The molecule has 1 heterocycles. The number of fused-ring (bicyclic) bond motifs is 1. The number of nitrogens with zero attached hydrogens (tertiary/aromatic N) is 1. The van der Waals surface area contributed by atoms with Crippen molar-refractivity contribution in [3.8, 4) is 0 Å². The molecule has 0 N–H and O–H groups in total. The molecule has 3 rings (SSSR count). The average molecular weight is 318 g/mol. The Kier molecular flexibility index (Phi) is 4.19. The lowest BCUT2D eigenvalue weighted by molar-refractivity contribution is 0.188. The fourth-order valence-electron chi connectivity index (χ4n) is 2.97. The van der Waals surface area contributed by atoms with Crippen LogP contribution in [0.5, 0.6) is 0 Å². The number of likely N-dealkylation sites (tertiary alicyclic amines) is 1. The van der Waals surface area contributed by atoms with Gasteiger partial charge in [-0.15, -0.1) is 0 Å². The van der Waals surface area contributed by atoms with Crippen molar-refractivity contribution in [3.63, 3.8) is 0 Å². The third kappa shape index (κ3) is 3.01. The zero-order valence-corrected chi connectivity index (χ0v) is 12.8. The van der Waals surface area contributed by atoms with Gasteiger partial charge in [0.05, 0.1) is 0 Å². The van der Waals surface area contributed by atoms with E-state index in [0.29, 0.717) is 0 Å². The molecular formula is C17H20BrN. The lowest BCUT2D eigenvalue weighted by atomic mass is 9.98. The predicted octanol–water partition coefficient (Wildman–Crippen LogP) is 4.45. The fraction of sp³-hybridized carbons (Fsp3) is 0.412. The summed E-state index contributed by atoms with van der Waals surface area (Å²) in [6.07, 6.45) is 2.66. The van der Waals surface area contributed by atoms with Crippen LogP contribution in [0.1, 0.15) is 18.4 Å². The fourth-order valence-corrected chi connectivity index (χ4v) is 3.62. The first-order chi connectivity index (χ1) is 9.36. The maximum absolute atomic E-state index is 3.61. The second-order valence-corrected chi connectivity index (χ2v) is 6.16. The van der Waals surface area contributed by atoms with E-state index in [1.807, 2.05) is 0 Å². The first-order valence-electron chi connectivity index (χ1n) is 7.12. The summed E-state index contributed by atoms with van der Waals surface area (Å²) in [7, 11) is 0. The molecule has 19 heavy (non-hydrogen) atoms. The van der Waals surface area contributed by atoms with Crippen molar-refractivity contribution in [2.45, 2.75) is 19.4 Å². The van der Waals surface area contributed by atoms with E-state index in [9.17, 15) is 0 Å². The summed E-state index contributed by atoms with van der Waals surface area (Å²) in [5, 5.41) is 3.93. The average Bonchev–Trinajstić information content (AvgIpc) is 2.48. The van der Waals surface area contributed by atoms with Crippen molar-refractivity contribution in [3.05, 3.63) is 48.0 Å². The minimum absolute atomic E-state index is 0.878. The Balaban J connectivity index is 1.75. The molecule has 2 aromatic carbocycles. The Morgan fingerprint density at radius 2 is 1.74 bits per heavy atom. The summed E-state index contributed by atoms with van der Waals surface area (Å²) >= 11 is 3.61. The Morgan fingerprint density at radius 1 is 1.00 bits per heavy atom. The lowest BCUT2D eigenvalue weighted by Gasteiger charge is -2.31. The van der Waals surface area contributed by atoms with Crippen molar-refractivity contribution in [1.29, 1.82) is 0 Å². The Morgan fingerprint density at radius 3 is 2.53 bits per heavy atom. The van der Waals surface area contributed by atoms with Crippen LogP contribution in [0.15, 0.2) is 42.5 Å². The number of hydrogen-bond acceptors (Lipinski definition) is 1. The second-order valence-electron chi connectivity index (χ2n) is 5.51. The van der Waals surface area contributed by atoms with Gasteiger partial charge in [-0.05, 0) is 48.2 Å². The molecule has 0 radical (unpaired) electrons. The van der Waals surface area contributed by atoms with E-state index >= 15 is 0 Å². The predicted molar refractivity (Wildman–Crippen MR) is 85.7 cm³/mol. The smallest absolute Gasteiger partial charge is 0.0239 e. The van der Waals surface area contributed by atoms with Crippen molar-refractivity contribution in [2.75, 3.05) is 18.4 Å². The number of hydrogen-bond donors (Lipinski definition) is 0. The molecule has 1 aliphatic heterocycles. The van der Waals surface area contributed by atoms with Gasteiger partial charge in [0.15, 0.2) is 0 Å². The molecule has 100 valence electrons. The maximum Gasteiger partial charge on any atom is 0.0239 e. The normalized spacial score (nSPS) is 17.9. The molecule has 0 spiro atoms. The zero-order valence-electron chi connectivity index (χ0n) is 11.2. The number of halogens is 1. The van der Waals surface area contributed by atoms with E-state index in [0.717, 1.165) is 17.8 Å². The molecule has 1 aliphatic rings. The Bertz CT molecular complexity index is 538. The first-order valence-corrected chi connectivity index (χ1v) is 8.24. The summed E-state index contributed by atoms with van der Waals surface area (Å²) in [4.78, 5) is 2.60. The molecule has 0 saturated carbocycles. The van der Waals surface area contributed by atoms with Crippen LogP contribution in [-0.2, 0) is 6.54 Å². The molecule has 0 unspecified atom stereocenters. The van der Waals surface area contributed by atoms with Gasteiger partial charge in [0.25, 0.3) is 0 Å². The number of piperidine rings is 1. The van der Waals surface area contributed by atoms with E-state index in [2.05, 4.69) is 63.3 Å². The van der Waals surface area contributed by atoms with Crippen LogP contribution in [-0.4, -0.2) is 23.3 Å². The minimum atomic E-state index is 0.878. The highest BCUT2D eigenvalue weighted by atomic mass is 79.9. The molecular weight excluding hydrogens is 298 g/mol. The summed E-state index contributed by atoms with van der Waals surface area (Å²) in [6.45, 7) is 3.56. The monoisotopic (exact) mass is 317 g/mol. The van der Waals surface area contributed by atoms with E-state index in [-0.39, 0.29) is 0 Å². The molecule has 0 bridgehead atoms. The molecule has 0 aromatic heterocycles. The van der Waals surface area contributed by atoms with Crippen molar-refractivity contribution < 1.29 is 0 Å². The van der Waals surface area contributed by atoms with Crippen LogP contribution in [0, 0.1) is 5.92 Å². The van der Waals surface area contributed by atoms with Gasteiger partial charge >= 0.3 is 0 Å². The van der Waals surface area contributed by atoms with Gasteiger partial charge in [0.2, 0.25) is 0 Å². The topological polar surface area (TPSA) is 3.24 Å². The number of rotatable bonds is 3. The quantitative estimate of drug-likeness (QED) is 0.756. The van der Waals surface area contributed by atoms with Crippen LogP contribution in [0.2, 0.25) is 0 Å². The zero-order chi connectivity index (χ0) is 13.1. The third-order valence-corrected chi connectivity index (χ3v) is 5.11. The van der Waals surface area contributed by atoms with Crippen molar-refractivity contribution in [1.82, 2.24) is 4.90 Å². The van der Waals surface area contributed by atoms with Gasteiger partial charge in [0, 0.05) is 11.9 Å². The van der Waals surface area contributed by atoms with E-state index in [1.54, 1.807) is 0 Å². The SMILES string of the molecule is BrCC1CCN(Cc2cccc3ccccc23)CC1. The van der Waals surface area contributed by atoms with Crippen molar-refractivity contribution >= 4 is 26.7 Å². The molecule has 0 amide bonds. The van der Waals surface area contributed by atoms with E-state index in [4.69, 9.17) is 0 Å². The Hall–Kier alpha value is -0.860. The Labute approximate surface area is 123 Å². The van der Waals surface area contributed by atoms with Crippen LogP contribution in [0.4, 0.5) is 0 Å². The number of benzene rings is 2. The molecule has 2 aromatic rings. The van der Waals surface area contributed by atoms with Crippen LogP contribution in [0.3, 0.4) is 0 Å². The molecule has 1 nitrogen and oxygen atoms in total. The standard InChI is InChI=1S/C17H20BrN/c18-12-14-8-10-19(11-9-14)13-16-6-3-5-15-4-1-2-7-17(15)16/h1-7,14H,8-13H2. The largest absolute Gasteiger partial charge is 0.299 e. The van der Waals surface area contributed by atoms with Crippen LogP contribution < -0.4 is 0 Å². The lowest BCUT2D eigenvalue weighted by Crippen LogP contribution is -2.33. The van der Waals surface area contributed by atoms with Crippen molar-refractivity contribution in [2.24, 2.45) is 5.92 Å². The van der Waals surface area contributed by atoms with Gasteiger partial charge in [-0.25, -0.2) is 0 Å². The molecule has 2 heteroatoms. The summed E-state index contributed by atoms with van der Waals surface area (Å²) < 4.78 is 0. The van der Waals surface area contributed by atoms with Crippen LogP contribution in [0.25, 0.3) is 10.8 Å². The summed E-state index contributed by atoms with van der Waals surface area (Å²) in [5.74, 6) is 0.878. The summed E-state index contributed by atoms with van der Waals surface area (Å²) in [5.41, 5.74) is 1.47. The summed E-state index contributed by atoms with van der Waals surface area (Å²) in [6, 6.07) is 15.4. The van der Waals surface area contributed by atoms with Crippen LogP contribution >= 0.6 is 15.9 Å². The molecule has 0 aliphatic carbocycles. The highest BCUT2D eigenvalue weighted by Crippen LogP contribution is 2.24. The van der Waals surface area contributed by atoms with Gasteiger partial charge in [0.1, 0.15) is 0 Å². The van der Waals surface area contributed by atoms with Gasteiger partial charge < -0.3 is 0 Å². The molecule has 0 atom stereocenters. The second kappa shape index (κ2) is 6.06. The van der Waals surface area contributed by atoms with Gasteiger partial charge in [-0.2, -0.15) is 0 Å². The van der Waals surface area contributed by atoms with Gasteiger partial charge in [-0.1, -0.05) is 58.4 Å². The van der Waals surface area contributed by atoms with E-state index < -0.39 is 0 Å². The number of alkyl halides is 1.